The maximum absolute atomic E-state index is 10.3. The van der Waals surface area contributed by atoms with Gasteiger partial charge >= 0.3 is 0 Å². The number of hydrogen-bond donors (Lipinski definition) is 4. The van der Waals surface area contributed by atoms with Crippen LogP contribution in [0, 0.1) is 0 Å². The zero-order valence-electron chi connectivity index (χ0n) is 14.2. The summed E-state index contributed by atoms with van der Waals surface area (Å²) in [7, 11) is 0. The second-order valence-corrected chi connectivity index (χ2v) is 6.47. The molecule has 5 heteroatoms. The summed E-state index contributed by atoms with van der Waals surface area (Å²) in [6, 6.07) is 10.2. The average Bonchev–Trinajstić information content (AvgIpc) is 2.58. The van der Waals surface area contributed by atoms with Gasteiger partial charge < -0.3 is 24.7 Å². The molecule has 23 heavy (non-hydrogen) atoms. The van der Waals surface area contributed by atoms with E-state index in [2.05, 4.69) is 19.1 Å². The third kappa shape index (κ3) is 6.20. The van der Waals surface area contributed by atoms with Gasteiger partial charge in [0.2, 0.25) is 0 Å². The number of quaternary nitrogens is 2. The van der Waals surface area contributed by atoms with Gasteiger partial charge in [-0.15, -0.1) is 0 Å². The molecule has 1 aliphatic rings. The third-order valence-electron chi connectivity index (χ3n) is 4.69. The molecular formula is C18H32N2O3+2. The van der Waals surface area contributed by atoms with Crippen LogP contribution in [0.25, 0.3) is 0 Å². The number of piperazine rings is 1. The van der Waals surface area contributed by atoms with Gasteiger partial charge in [-0.25, -0.2) is 0 Å². The van der Waals surface area contributed by atoms with Crippen molar-refractivity contribution in [3.05, 3.63) is 35.9 Å². The second-order valence-electron chi connectivity index (χ2n) is 6.47. The van der Waals surface area contributed by atoms with Crippen LogP contribution in [0.1, 0.15) is 25.0 Å². The molecule has 0 amide bonds. The van der Waals surface area contributed by atoms with Gasteiger partial charge in [0.05, 0.1) is 19.3 Å². The lowest BCUT2D eigenvalue weighted by Gasteiger charge is -2.30. The van der Waals surface area contributed by atoms with Crippen molar-refractivity contribution in [1.29, 1.82) is 0 Å². The smallest absolute Gasteiger partial charge is 0.127 e. The van der Waals surface area contributed by atoms with Gasteiger partial charge in [-0.1, -0.05) is 37.3 Å². The van der Waals surface area contributed by atoms with E-state index in [1.54, 1.807) is 0 Å². The summed E-state index contributed by atoms with van der Waals surface area (Å²) in [5.74, 6) is 0. The zero-order valence-corrected chi connectivity index (χ0v) is 14.2. The van der Waals surface area contributed by atoms with Gasteiger partial charge in [-0.2, -0.15) is 0 Å². The van der Waals surface area contributed by atoms with Crippen molar-refractivity contribution in [2.75, 3.05) is 52.5 Å². The van der Waals surface area contributed by atoms with Crippen molar-refractivity contribution in [2.45, 2.75) is 25.6 Å². The van der Waals surface area contributed by atoms with Crippen LogP contribution < -0.4 is 9.80 Å². The van der Waals surface area contributed by atoms with Crippen LogP contribution in [0.5, 0.6) is 0 Å². The van der Waals surface area contributed by atoms with E-state index in [-0.39, 0.29) is 12.7 Å². The van der Waals surface area contributed by atoms with Crippen LogP contribution in [0.15, 0.2) is 30.3 Å². The Kier molecular flexibility index (Phi) is 7.99. The van der Waals surface area contributed by atoms with Crippen molar-refractivity contribution in [3.63, 3.8) is 0 Å². The fourth-order valence-electron chi connectivity index (χ4n) is 3.31. The first-order valence-electron chi connectivity index (χ1n) is 8.85. The third-order valence-corrected chi connectivity index (χ3v) is 4.69. The number of benzene rings is 1. The highest BCUT2D eigenvalue weighted by Gasteiger charge is 2.25. The molecule has 0 aliphatic carbocycles. The first-order chi connectivity index (χ1) is 11.2. The van der Waals surface area contributed by atoms with E-state index in [4.69, 9.17) is 9.84 Å². The van der Waals surface area contributed by atoms with Crippen LogP contribution >= 0.6 is 0 Å². The average molecular weight is 324 g/mol. The second kappa shape index (κ2) is 10.0. The molecule has 0 radical (unpaired) electrons. The molecule has 130 valence electrons. The van der Waals surface area contributed by atoms with Gasteiger partial charge in [0.1, 0.15) is 45.4 Å². The van der Waals surface area contributed by atoms with E-state index in [9.17, 15) is 5.11 Å². The minimum atomic E-state index is -0.415. The number of rotatable bonds is 9. The highest BCUT2D eigenvalue weighted by Crippen LogP contribution is 2.20. The van der Waals surface area contributed by atoms with Crippen molar-refractivity contribution >= 4 is 0 Å². The largest absolute Gasteiger partial charge is 0.391 e. The number of ether oxygens (including phenoxy) is 1. The van der Waals surface area contributed by atoms with Crippen LogP contribution in [-0.2, 0) is 4.74 Å². The molecule has 1 aromatic rings. The van der Waals surface area contributed by atoms with E-state index in [0.29, 0.717) is 6.61 Å². The lowest BCUT2D eigenvalue weighted by Crippen LogP contribution is -3.28. The molecular weight excluding hydrogens is 292 g/mol. The van der Waals surface area contributed by atoms with Crippen LogP contribution in [0.2, 0.25) is 0 Å². The van der Waals surface area contributed by atoms with E-state index >= 15 is 0 Å². The Labute approximate surface area is 139 Å². The number of nitrogens with one attached hydrogen (secondary N) is 2. The summed E-state index contributed by atoms with van der Waals surface area (Å²) < 4.78 is 5.94. The first kappa shape index (κ1) is 18.4. The molecule has 5 nitrogen and oxygen atoms in total. The van der Waals surface area contributed by atoms with E-state index in [1.807, 2.05) is 18.2 Å². The molecule has 0 aromatic heterocycles. The van der Waals surface area contributed by atoms with Crippen molar-refractivity contribution < 1.29 is 24.7 Å². The summed E-state index contributed by atoms with van der Waals surface area (Å²) in [5.41, 5.74) is 1.18. The fraction of sp³-hybridized carbons (Fsp3) is 0.667. The normalized spacial score (nSPS) is 24.3. The van der Waals surface area contributed by atoms with Gasteiger partial charge in [-0.05, 0) is 12.0 Å². The first-order valence-corrected chi connectivity index (χ1v) is 8.85. The monoisotopic (exact) mass is 324 g/mol. The molecule has 0 bridgehead atoms. The fourth-order valence-corrected chi connectivity index (χ4v) is 3.31. The van der Waals surface area contributed by atoms with E-state index < -0.39 is 6.10 Å². The number of aliphatic hydroxyl groups excluding tert-OH is 2. The molecule has 1 saturated heterocycles. The van der Waals surface area contributed by atoms with Crippen LogP contribution in [-0.4, -0.2) is 68.8 Å². The van der Waals surface area contributed by atoms with Gasteiger partial charge in [0, 0.05) is 0 Å². The SMILES string of the molecule is CC[C@H](OC[C@@H](O)C[NH+]1CC[NH+](CCO)CC1)c1ccccc1. The Hall–Kier alpha value is -0.980. The Morgan fingerprint density at radius 2 is 1.74 bits per heavy atom. The van der Waals surface area contributed by atoms with Crippen molar-refractivity contribution in [2.24, 2.45) is 0 Å². The zero-order chi connectivity index (χ0) is 16.5. The van der Waals surface area contributed by atoms with Gasteiger partial charge in [0.15, 0.2) is 0 Å². The lowest BCUT2D eigenvalue weighted by atomic mass is 10.1. The van der Waals surface area contributed by atoms with Crippen LogP contribution in [0.4, 0.5) is 0 Å². The highest BCUT2D eigenvalue weighted by atomic mass is 16.5. The van der Waals surface area contributed by atoms with Crippen molar-refractivity contribution in [3.8, 4) is 0 Å². The molecule has 1 aliphatic heterocycles. The molecule has 0 spiro atoms. The van der Waals surface area contributed by atoms with E-state index in [0.717, 1.165) is 45.7 Å². The molecule has 1 aromatic carbocycles. The van der Waals surface area contributed by atoms with Gasteiger partial charge in [-0.3, -0.25) is 0 Å². The van der Waals surface area contributed by atoms with Gasteiger partial charge in [0.25, 0.3) is 0 Å². The molecule has 4 N–H and O–H groups in total. The Balaban J connectivity index is 1.69. The lowest BCUT2D eigenvalue weighted by molar-refractivity contribution is -1.01. The van der Waals surface area contributed by atoms with E-state index in [1.165, 1.54) is 15.4 Å². The minimum absolute atomic E-state index is 0.0618. The standard InChI is InChI=1S/C18H30N2O3/c1-2-18(16-6-4-3-5-7-16)23-15-17(22)14-20-10-8-19(9-11-20)12-13-21/h3-7,17-18,21-22H,2,8-15H2,1H3/p+2/t17-,18-/m0/s1. The van der Waals surface area contributed by atoms with Crippen molar-refractivity contribution in [1.82, 2.24) is 0 Å². The molecule has 0 unspecified atom stereocenters. The summed E-state index contributed by atoms with van der Waals surface area (Å²) in [4.78, 5) is 2.91. The number of hydrogen-bond acceptors (Lipinski definition) is 3. The molecule has 0 saturated carbocycles. The predicted molar refractivity (Wildman–Crippen MR) is 89.6 cm³/mol. The summed E-state index contributed by atoms with van der Waals surface area (Å²) >= 11 is 0. The number of aliphatic hydroxyl groups is 2. The maximum atomic E-state index is 10.3. The Morgan fingerprint density at radius 1 is 1.09 bits per heavy atom. The topological polar surface area (TPSA) is 58.6 Å². The molecule has 2 rings (SSSR count). The Bertz CT molecular complexity index is 422. The summed E-state index contributed by atoms with van der Waals surface area (Å²) in [6.07, 6.45) is 0.557. The molecule has 1 fully saturated rings. The quantitative estimate of drug-likeness (QED) is 0.438. The summed E-state index contributed by atoms with van der Waals surface area (Å²) in [5, 5.41) is 19.3. The summed E-state index contributed by atoms with van der Waals surface area (Å²) in [6.45, 7) is 8.62. The van der Waals surface area contributed by atoms with Crippen LogP contribution in [0.3, 0.4) is 0 Å². The molecule has 2 atom stereocenters. The predicted octanol–water partition coefficient (Wildman–Crippen LogP) is -1.71. The minimum Gasteiger partial charge on any atom is -0.391 e. The highest BCUT2D eigenvalue weighted by molar-refractivity contribution is 5.17. The maximum Gasteiger partial charge on any atom is 0.127 e. The molecule has 1 heterocycles. The Morgan fingerprint density at radius 3 is 2.35 bits per heavy atom.